The van der Waals surface area contributed by atoms with Crippen LogP contribution in [0.25, 0.3) is 11.0 Å². The standard InChI is InChI=1S/C23H23F3N2O4S/c1-2-16-7-8-18-17(14-22(29)32-20(18)13-16)15-27-9-11-28(12-10-27)33(30,31)21-6-4-3-5-19(21)23(24,25)26/h3-8,13-14H,2,9-12,15H2,1H3/p+1. The molecule has 0 spiro atoms. The summed E-state index contributed by atoms with van der Waals surface area (Å²) in [6.45, 7) is 3.48. The molecule has 0 unspecified atom stereocenters. The van der Waals surface area contributed by atoms with Crippen LogP contribution in [0.5, 0.6) is 0 Å². The summed E-state index contributed by atoms with van der Waals surface area (Å²) in [4.78, 5) is 12.4. The molecule has 0 bridgehead atoms. The van der Waals surface area contributed by atoms with Gasteiger partial charge < -0.3 is 9.32 Å². The van der Waals surface area contributed by atoms with Crippen molar-refractivity contribution in [3.05, 3.63) is 75.6 Å². The van der Waals surface area contributed by atoms with Crippen LogP contribution in [0, 0.1) is 0 Å². The smallest absolute Gasteiger partial charge is 0.417 e. The molecular weight excluding hydrogens is 457 g/mol. The summed E-state index contributed by atoms with van der Waals surface area (Å²) in [5.41, 5.74) is 0.760. The van der Waals surface area contributed by atoms with Crippen molar-refractivity contribution in [1.82, 2.24) is 4.31 Å². The molecular formula is C23H24F3N2O4S+. The molecule has 6 nitrogen and oxygen atoms in total. The van der Waals surface area contributed by atoms with Crippen LogP contribution in [0.2, 0.25) is 0 Å². The number of benzene rings is 2. The molecule has 0 aliphatic carbocycles. The van der Waals surface area contributed by atoms with Gasteiger partial charge in [0.2, 0.25) is 10.0 Å². The summed E-state index contributed by atoms with van der Waals surface area (Å²) in [6.07, 6.45) is -3.95. The van der Waals surface area contributed by atoms with Gasteiger partial charge in [0.15, 0.2) is 0 Å². The molecule has 2 aromatic carbocycles. The Bertz CT molecular complexity index is 1330. The normalized spacial score (nSPS) is 16.4. The van der Waals surface area contributed by atoms with E-state index in [2.05, 4.69) is 0 Å². The van der Waals surface area contributed by atoms with Crippen LogP contribution in [-0.2, 0) is 29.2 Å². The van der Waals surface area contributed by atoms with E-state index in [-0.39, 0.29) is 13.1 Å². The predicted octanol–water partition coefficient (Wildman–Crippen LogP) is 2.46. The quantitative estimate of drug-likeness (QED) is 0.569. The van der Waals surface area contributed by atoms with Crippen molar-refractivity contribution in [1.29, 1.82) is 0 Å². The number of aryl methyl sites for hydroxylation is 1. The van der Waals surface area contributed by atoms with Crippen molar-refractivity contribution in [3.63, 3.8) is 0 Å². The first kappa shape index (κ1) is 23.5. The third-order valence-electron chi connectivity index (χ3n) is 5.98. The van der Waals surface area contributed by atoms with Crippen molar-refractivity contribution in [2.24, 2.45) is 0 Å². The van der Waals surface area contributed by atoms with Crippen LogP contribution >= 0.6 is 0 Å². The first-order valence-electron chi connectivity index (χ1n) is 10.6. The maximum atomic E-state index is 13.3. The van der Waals surface area contributed by atoms with Crippen molar-refractivity contribution in [3.8, 4) is 0 Å². The molecule has 0 radical (unpaired) electrons. The molecule has 0 saturated carbocycles. The number of hydrogen-bond acceptors (Lipinski definition) is 4. The van der Waals surface area contributed by atoms with Crippen LogP contribution in [0.4, 0.5) is 13.2 Å². The fourth-order valence-electron chi connectivity index (χ4n) is 4.19. The lowest BCUT2D eigenvalue weighted by Crippen LogP contribution is -3.13. The Morgan fingerprint density at radius 1 is 1.06 bits per heavy atom. The van der Waals surface area contributed by atoms with Crippen molar-refractivity contribution < 1.29 is 30.9 Å². The van der Waals surface area contributed by atoms with E-state index in [4.69, 9.17) is 4.42 Å². The Hall–Kier alpha value is -2.69. The summed E-state index contributed by atoms with van der Waals surface area (Å²) < 4.78 is 72.4. The molecule has 1 aliphatic rings. The Morgan fingerprint density at radius 3 is 2.42 bits per heavy atom. The highest BCUT2D eigenvalue weighted by Crippen LogP contribution is 2.35. The lowest BCUT2D eigenvalue weighted by molar-refractivity contribution is -0.917. The topological polar surface area (TPSA) is 72.0 Å². The number of nitrogens with one attached hydrogen (secondary N) is 1. The largest absolute Gasteiger partial charge is 0.423 e. The van der Waals surface area contributed by atoms with E-state index in [9.17, 15) is 26.4 Å². The van der Waals surface area contributed by atoms with Gasteiger partial charge in [0.05, 0.1) is 36.6 Å². The van der Waals surface area contributed by atoms with Gasteiger partial charge in [-0.15, -0.1) is 0 Å². The number of nitrogens with zero attached hydrogens (tertiary/aromatic N) is 1. The van der Waals surface area contributed by atoms with E-state index in [1.54, 1.807) is 0 Å². The first-order valence-corrected chi connectivity index (χ1v) is 12.1. The zero-order valence-electron chi connectivity index (χ0n) is 18.0. The monoisotopic (exact) mass is 481 g/mol. The SMILES string of the molecule is CCc1ccc2c(C[NH+]3CCN(S(=O)(=O)c4ccccc4C(F)(F)F)CC3)cc(=O)oc2c1. The molecule has 10 heteroatoms. The van der Waals surface area contributed by atoms with E-state index in [1.807, 2.05) is 25.1 Å². The van der Waals surface area contributed by atoms with E-state index >= 15 is 0 Å². The zero-order valence-corrected chi connectivity index (χ0v) is 18.8. The molecule has 1 aliphatic heterocycles. The lowest BCUT2D eigenvalue weighted by Gasteiger charge is -2.32. The van der Waals surface area contributed by atoms with Gasteiger partial charge in [0.1, 0.15) is 12.1 Å². The van der Waals surface area contributed by atoms with Crippen LogP contribution in [0.3, 0.4) is 0 Å². The van der Waals surface area contributed by atoms with Gasteiger partial charge in [-0.2, -0.15) is 17.5 Å². The Morgan fingerprint density at radius 2 is 1.76 bits per heavy atom. The third-order valence-corrected chi connectivity index (χ3v) is 7.94. The van der Waals surface area contributed by atoms with Gasteiger partial charge in [0.25, 0.3) is 0 Å². The number of rotatable bonds is 5. The average Bonchev–Trinajstić information content (AvgIpc) is 2.78. The lowest BCUT2D eigenvalue weighted by atomic mass is 10.1. The van der Waals surface area contributed by atoms with Crippen LogP contribution in [0.15, 0.2) is 62.6 Å². The summed E-state index contributed by atoms with van der Waals surface area (Å²) in [6, 6.07) is 11.4. The molecule has 176 valence electrons. The van der Waals surface area contributed by atoms with Crippen LogP contribution < -0.4 is 10.5 Å². The molecule has 0 atom stereocenters. The minimum Gasteiger partial charge on any atom is -0.423 e. The minimum absolute atomic E-state index is 0.0865. The third kappa shape index (κ3) is 4.83. The zero-order chi connectivity index (χ0) is 23.8. The van der Waals surface area contributed by atoms with Crippen molar-refractivity contribution in [2.45, 2.75) is 31.0 Å². The molecule has 1 aromatic heterocycles. The number of piperazine rings is 1. The molecule has 2 heterocycles. The highest BCUT2D eigenvalue weighted by atomic mass is 32.2. The fourth-order valence-corrected chi connectivity index (χ4v) is 5.85. The Balaban J connectivity index is 1.52. The van der Waals surface area contributed by atoms with Gasteiger partial charge in [-0.1, -0.05) is 31.2 Å². The number of fused-ring (bicyclic) bond motifs is 1. The Labute approximate surface area is 189 Å². The molecule has 1 saturated heterocycles. The first-order chi connectivity index (χ1) is 15.6. The second-order valence-electron chi connectivity index (χ2n) is 8.10. The summed E-state index contributed by atoms with van der Waals surface area (Å²) in [5, 5.41) is 0.827. The Kier molecular flexibility index (Phi) is 6.35. The van der Waals surface area contributed by atoms with E-state index in [0.29, 0.717) is 25.2 Å². The highest BCUT2D eigenvalue weighted by Gasteiger charge is 2.40. The average molecular weight is 482 g/mol. The van der Waals surface area contributed by atoms with Gasteiger partial charge in [0, 0.05) is 17.0 Å². The molecule has 1 N–H and O–H groups in total. The summed E-state index contributed by atoms with van der Waals surface area (Å²) in [5.74, 6) is 0. The van der Waals surface area contributed by atoms with Gasteiger partial charge >= 0.3 is 11.8 Å². The van der Waals surface area contributed by atoms with Gasteiger partial charge in [-0.05, 0) is 30.2 Å². The number of halogens is 3. The molecule has 1 fully saturated rings. The number of quaternary nitrogens is 1. The molecule has 0 amide bonds. The second kappa shape index (κ2) is 8.92. The van der Waals surface area contributed by atoms with E-state index in [1.165, 1.54) is 18.2 Å². The van der Waals surface area contributed by atoms with Crippen molar-refractivity contribution >= 4 is 21.0 Å². The number of alkyl halides is 3. The predicted molar refractivity (Wildman–Crippen MR) is 116 cm³/mol. The molecule has 33 heavy (non-hydrogen) atoms. The van der Waals surface area contributed by atoms with Crippen LogP contribution in [0.1, 0.15) is 23.6 Å². The summed E-state index contributed by atoms with van der Waals surface area (Å²) in [7, 11) is -4.29. The second-order valence-corrected chi connectivity index (χ2v) is 10.0. The fraction of sp³-hybridized carbons (Fsp3) is 0.348. The van der Waals surface area contributed by atoms with Gasteiger partial charge in [-0.3, -0.25) is 0 Å². The van der Waals surface area contributed by atoms with E-state index < -0.39 is 32.3 Å². The number of sulfonamides is 1. The van der Waals surface area contributed by atoms with Crippen LogP contribution in [-0.4, -0.2) is 38.9 Å². The van der Waals surface area contributed by atoms with Gasteiger partial charge in [-0.25, -0.2) is 13.2 Å². The minimum atomic E-state index is -4.76. The maximum absolute atomic E-state index is 13.3. The summed E-state index contributed by atoms with van der Waals surface area (Å²) >= 11 is 0. The van der Waals surface area contributed by atoms with E-state index in [0.717, 1.165) is 44.3 Å². The highest BCUT2D eigenvalue weighted by molar-refractivity contribution is 7.89. The molecule has 4 rings (SSSR count). The number of hydrogen-bond donors (Lipinski definition) is 1. The maximum Gasteiger partial charge on any atom is 0.417 e. The van der Waals surface area contributed by atoms with Crippen molar-refractivity contribution in [2.75, 3.05) is 26.2 Å². The molecule has 3 aromatic rings.